The fourth-order valence-corrected chi connectivity index (χ4v) is 14.4. The second kappa shape index (κ2) is 18.9. The van der Waals surface area contributed by atoms with Gasteiger partial charge in [-0.1, -0.05) is 239 Å². The second-order valence-electron chi connectivity index (χ2n) is 30.2. The summed E-state index contributed by atoms with van der Waals surface area (Å²) in [6.07, 6.45) is 5.96. The first-order valence-corrected chi connectivity index (χ1v) is 30.5. The third-order valence-corrected chi connectivity index (χ3v) is 19.6. The lowest BCUT2D eigenvalue weighted by Gasteiger charge is -2.49. The third-order valence-electron chi connectivity index (χ3n) is 19.6. The van der Waals surface area contributed by atoms with Crippen molar-refractivity contribution >= 4 is 68.6 Å². The van der Waals surface area contributed by atoms with Crippen LogP contribution in [-0.2, 0) is 32.5 Å². The SMILES string of the molecule is CC(C)(C)c1ccc2c(c1)B1c3ccc(C(C)(C)C)cc3N(c3ccc(C(C)(C)C)cc3-c3ccccc3)c3cc(N4c5ccc(C(C)(C)C)cc5C5(C)CCCCCC45C)cc(c31)N2c1ccc(C(C)(C)C)cc1-c1ccccc1. The molecule has 3 aliphatic heterocycles. The highest BCUT2D eigenvalue weighted by Crippen LogP contribution is 2.62. The van der Waals surface area contributed by atoms with Crippen LogP contribution in [0, 0.1) is 0 Å². The molecule has 0 saturated heterocycles. The number of hydrogen-bond acceptors (Lipinski definition) is 3. The Bertz CT molecular complexity index is 3760. The molecule has 8 aromatic carbocycles. The van der Waals surface area contributed by atoms with Gasteiger partial charge in [0, 0.05) is 50.7 Å². The molecule has 8 aromatic rings. The summed E-state index contributed by atoms with van der Waals surface area (Å²) < 4.78 is 0. The molecule has 0 N–H and O–H groups in total. The summed E-state index contributed by atoms with van der Waals surface area (Å²) in [7, 11) is 0. The van der Waals surface area contributed by atoms with E-state index in [2.05, 4.69) is 296 Å². The van der Waals surface area contributed by atoms with E-state index in [0.29, 0.717) is 0 Å². The van der Waals surface area contributed by atoms with Crippen molar-refractivity contribution in [2.45, 2.75) is 188 Å². The van der Waals surface area contributed by atoms with Gasteiger partial charge in [-0.2, -0.15) is 0 Å². The van der Waals surface area contributed by atoms with Crippen molar-refractivity contribution in [3.8, 4) is 22.3 Å². The first-order chi connectivity index (χ1) is 38.1. The molecule has 0 spiro atoms. The molecule has 3 nitrogen and oxygen atoms in total. The molecule has 81 heavy (non-hydrogen) atoms. The van der Waals surface area contributed by atoms with Crippen molar-refractivity contribution < 1.29 is 0 Å². The summed E-state index contributed by atoms with van der Waals surface area (Å²) in [6.45, 7) is 40.7. The number of anilines is 8. The lowest BCUT2D eigenvalue weighted by Crippen LogP contribution is -2.62. The molecule has 2 atom stereocenters. The monoisotopic (exact) mass is 1070 g/mol. The van der Waals surface area contributed by atoms with E-state index in [9.17, 15) is 0 Å². The Kier molecular flexibility index (Phi) is 12.8. The number of benzene rings is 8. The maximum Gasteiger partial charge on any atom is 0.252 e. The average Bonchev–Trinajstić information content (AvgIpc) is 2.02. The highest BCUT2D eigenvalue weighted by atomic mass is 15.3. The Morgan fingerprint density at radius 3 is 1.28 bits per heavy atom. The first-order valence-electron chi connectivity index (χ1n) is 30.5. The maximum atomic E-state index is 2.86. The Labute approximate surface area is 487 Å². The van der Waals surface area contributed by atoms with Gasteiger partial charge in [0.15, 0.2) is 0 Å². The van der Waals surface area contributed by atoms with Gasteiger partial charge in [0.25, 0.3) is 6.71 Å². The Morgan fingerprint density at radius 1 is 0.358 bits per heavy atom. The van der Waals surface area contributed by atoms with E-state index in [-0.39, 0.29) is 44.7 Å². The quantitative estimate of drug-likeness (QED) is 0.159. The van der Waals surface area contributed by atoms with Crippen LogP contribution >= 0.6 is 0 Å². The predicted octanol–water partition coefficient (Wildman–Crippen LogP) is 19.7. The van der Waals surface area contributed by atoms with Crippen molar-refractivity contribution in [3.63, 3.8) is 0 Å². The van der Waals surface area contributed by atoms with Crippen molar-refractivity contribution in [1.82, 2.24) is 0 Å². The van der Waals surface area contributed by atoms with Gasteiger partial charge in [0.2, 0.25) is 0 Å². The molecule has 0 aromatic heterocycles. The molecule has 1 fully saturated rings. The van der Waals surface area contributed by atoms with Gasteiger partial charge >= 0.3 is 0 Å². The topological polar surface area (TPSA) is 9.72 Å². The van der Waals surface area contributed by atoms with Crippen LogP contribution in [0.2, 0.25) is 0 Å². The average molecular weight is 1070 g/mol. The minimum Gasteiger partial charge on any atom is -0.334 e. The van der Waals surface area contributed by atoms with Crippen molar-refractivity contribution in [2.24, 2.45) is 0 Å². The van der Waals surface area contributed by atoms with Crippen LogP contribution < -0.4 is 31.1 Å². The van der Waals surface area contributed by atoms with Gasteiger partial charge in [-0.3, -0.25) is 0 Å². The molecule has 12 rings (SSSR count). The third kappa shape index (κ3) is 8.99. The van der Waals surface area contributed by atoms with Crippen molar-refractivity contribution in [1.29, 1.82) is 0 Å². The van der Waals surface area contributed by atoms with E-state index < -0.39 is 0 Å². The highest BCUT2D eigenvalue weighted by Gasteiger charge is 2.58. The molecule has 3 heterocycles. The Morgan fingerprint density at radius 2 is 0.778 bits per heavy atom. The molecule has 0 radical (unpaired) electrons. The zero-order chi connectivity index (χ0) is 57.6. The summed E-state index contributed by atoms with van der Waals surface area (Å²) >= 11 is 0. The minimum atomic E-state index is -0.203. The van der Waals surface area contributed by atoms with E-state index in [4.69, 9.17) is 0 Å². The molecule has 0 amide bonds. The van der Waals surface area contributed by atoms with Crippen LogP contribution in [0.1, 0.15) is 183 Å². The van der Waals surface area contributed by atoms with Gasteiger partial charge in [0.1, 0.15) is 0 Å². The van der Waals surface area contributed by atoms with Crippen LogP contribution in [0.25, 0.3) is 22.3 Å². The van der Waals surface area contributed by atoms with Gasteiger partial charge < -0.3 is 14.7 Å². The Balaban J connectivity index is 1.27. The number of rotatable bonds is 5. The van der Waals surface area contributed by atoms with Crippen LogP contribution in [0.4, 0.5) is 45.5 Å². The molecule has 2 unspecified atom stereocenters. The zero-order valence-electron chi connectivity index (χ0n) is 52.0. The van der Waals surface area contributed by atoms with Gasteiger partial charge in [-0.15, -0.1) is 0 Å². The van der Waals surface area contributed by atoms with E-state index in [1.807, 2.05) is 0 Å². The van der Waals surface area contributed by atoms with E-state index in [1.165, 1.54) is 137 Å². The number of hydrogen-bond donors (Lipinski definition) is 0. The maximum absolute atomic E-state index is 2.86. The predicted molar refractivity (Wildman–Crippen MR) is 352 cm³/mol. The summed E-state index contributed by atoms with van der Waals surface area (Å²) in [5.74, 6) is 0. The van der Waals surface area contributed by atoms with Crippen molar-refractivity contribution in [2.75, 3.05) is 14.7 Å². The fraction of sp³-hybridized carbons (Fsp3) is 0.377. The van der Waals surface area contributed by atoms with Crippen LogP contribution in [0.3, 0.4) is 0 Å². The summed E-state index contributed by atoms with van der Waals surface area (Å²) in [6, 6.07) is 65.0. The largest absolute Gasteiger partial charge is 0.334 e. The molecular weight excluding hydrogens is 978 g/mol. The van der Waals surface area contributed by atoms with Crippen LogP contribution in [0.15, 0.2) is 164 Å². The van der Waals surface area contributed by atoms with E-state index in [0.717, 1.165) is 12.8 Å². The molecule has 4 heteroatoms. The summed E-state index contributed by atoms with van der Waals surface area (Å²) in [4.78, 5) is 8.30. The molecule has 414 valence electrons. The highest BCUT2D eigenvalue weighted by molar-refractivity contribution is 7.00. The zero-order valence-corrected chi connectivity index (χ0v) is 52.0. The number of fused-ring (bicyclic) bond motifs is 7. The smallest absolute Gasteiger partial charge is 0.252 e. The molecule has 0 bridgehead atoms. The van der Waals surface area contributed by atoms with E-state index >= 15 is 0 Å². The normalized spacial score (nSPS) is 18.9. The molecule has 1 aliphatic carbocycles. The number of nitrogens with zero attached hydrogens (tertiary/aromatic N) is 3. The first kappa shape index (κ1) is 54.8. The fourth-order valence-electron chi connectivity index (χ4n) is 14.4. The van der Waals surface area contributed by atoms with Crippen molar-refractivity contribution in [3.05, 3.63) is 197 Å². The molecule has 1 saturated carbocycles. The molecular formula is C77H88BN3. The van der Waals surface area contributed by atoms with Crippen LogP contribution in [0.5, 0.6) is 0 Å². The lowest BCUT2D eigenvalue weighted by atomic mass is 9.33. The molecule has 4 aliphatic rings. The van der Waals surface area contributed by atoms with E-state index in [1.54, 1.807) is 0 Å². The lowest BCUT2D eigenvalue weighted by molar-refractivity contribution is 0.261. The Hall–Kier alpha value is -6.78. The van der Waals surface area contributed by atoms with Gasteiger partial charge in [0.05, 0.1) is 16.9 Å². The standard InChI is InChI=1S/C77H88BN3/c1-71(2,3)52-32-37-63(58(43-52)50-27-21-18-22-28-50)79-66-40-35-55(74(10,11)12)46-62(66)78-61-36-31-56(75(13,14)15)47-67(61)80(64-38-33-53(72(4,5)6)44-59(64)51-29-23-19-24-30-51)69-49-57(48-68(79)70(69)78)81-65-39-34-54(73(7,8)9)45-60(65)76(16)41-25-20-26-42-77(76,81)17/h18-19,21-24,27-40,43-49H,20,25-26,41-42H2,1-17H3. The minimum absolute atomic E-state index is 0.0174. The summed E-state index contributed by atoms with van der Waals surface area (Å²) in [5, 5.41) is 0. The van der Waals surface area contributed by atoms with Crippen LogP contribution in [-0.4, -0.2) is 12.3 Å². The second-order valence-corrected chi connectivity index (χ2v) is 30.2. The van der Waals surface area contributed by atoms with Gasteiger partial charge in [-0.25, -0.2) is 0 Å². The van der Waals surface area contributed by atoms with Gasteiger partial charge in [-0.05, 0) is 162 Å². The summed E-state index contributed by atoms with van der Waals surface area (Å²) in [5.41, 5.74) is 26.6.